The van der Waals surface area contributed by atoms with Crippen LogP contribution in [0.15, 0.2) is 42.0 Å². The van der Waals surface area contributed by atoms with Crippen LogP contribution in [0.1, 0.15) is 39.2 Å². The van der Waals surface area contributed by atoms with E-state index in [1.165, 1.54) is 11.1 Å². The summed E-state index contributed by atoms with van der Waals surface area (Å²) in [6, 6.07) is 10.9. The van der Waals surface area contributed by atoms with Gasteiger partial charge in [0.25, 0.3) is 0 Å². The Labute approximate surface area is 117 Å². The third-order valence-corrected chi connectivity index (χ3v) is 3.22. The Kier molecular flexibility index (Phi) is 7.46. The summed E-state index contributed by atoms with van der Waals surface area (Å²) < 4.78 is 0. The molecular weight excluding hydrogens is 234 g/mol. The molecule has 0 bridgehead atoms. The minimum Gasteiger partial charge on any atom is -0.395 e. The molecule has 1 aromatic carbocycles. The minimum absolute atomic E-state index is 0.143. The first-order valence-corrected chi connectivity index (χ1v) is 7.16. The van der Waals surface area contributed by atoms with E-state index in [0.717, 1.165) is 19.3 Å². The van der Waals surface area contributed by atoms with E-state index in [1.54, 1.807) is 0 Å². The number of aliphatic hydroxyl groups excluding tert-OH is 1. The smallest absolute Gasteiger partial charge is 0.0587 e. The van der Waals surface area contributed by atoms with Crippen molar-refractivity contribution in [2.75, 3.05) is 6.61 Å². The van der Waals surface area contributed by atoms with Crippen LogP contribution >= 0.6 is 0 Å². The van der Waals surface area contributed by atoms with Crippen molar-refractivity contribution < 1.29 is 5.11 Å². The second kappa shape index (κ2) is 8.89. The summed E-state index contributed by atoms with van der Waals surface area (Å²) in [6.07, 6.45) is 5.35. The number of allylic oxidation sites excluding steroid dienone is 2. The second-order valence-electron chi connectivity index (χ2n) is 5.50. The summed E-state index contributed by atoms with van der Waals surface area (Å²) in [7, 11) is 0. The van der Waals surface area contributed by atoms with Gasteiger partial charge in [-0.05, 0) is 45.6 Å². The van der Waals surface area contributed by atoms with Gasteiger partial charge in [-0.1, -0.05) is 42.0 Å². The lowest BCUT2D eigenvalue weighted by molar-refractivity contribution is 0.230. The van der Waals surface area contributed by atoms with Crippen molar-refractivity contribution in [1.82, 2.24) is 5.32 Å². The topological polar surface area (TPSA) is 32.3 Å². The first-order chi connectivity index (χ1) is 9.11. The van der Waals surface area contributed by atoms with Gasteiger partial charge < -0.3 is 10.4 Å². The van der Waals surface area contributed by atoms with Crippen LogP contribution in [-0.2, 0) is 6.42 Å². The molecule has 2 N–H and O–H groups in total. The fourth-order valence-corrected chi connectivity index (χ4v) is 2.18. The van der Waals surface area contributed by atoms with E-state index in [-0.39, 0.29) is 12.6 Å². The Balaban J connectivity index is 2.37. The van der Waals surface area contributed by atoms with E-state index in [2.05, 4.69) is 44.3 Å². The molecule has 0 amide bonds. The molecule has 0 aliphatic heterocycles. The van der Waals surface area contributed by atoms with Crippen molar-refractivity contribution in [3.05, 3.63) is 47.5 Å². The van der Waals surface area contributed by atoms with Crippen LogP contribution in [0.3, 0.4) is 0 Å². The number of nitrogens with one attached hydrogen (secondary N) is 1. The number of hydrogen-bond acceptors (Lipinski definition) is 2. The molecule has 0 heterocycles. The van der Waals surface area contributed by atoms with Gasteiger partial charge in [0.1, 0.15) is 0 Å². The Bertz CT molecular complexity index is 368. The molecule has 2 nitrogen and oxygen atoms in total. The molecule has 1 aromatic rings. The zero-order valence-electron chi connectivity index (χ0n) is 12.4. The third kappa shape index (κ3) is 7.14. The Morgan fingerprint density at radius 2 is 1.95 bits per heavy atom. The normalized spacial score (nSPS) is 13.9. The van der Waals surface area contributed by atoms with Crippen molar-refractivity contribution in [3.8, 4) is 0 Å². The van der Waals surface area contributed by atoms with Crippen LogP contribution in [0.25, 0.3) is 0 Å². The molecular formula is C17H27NO. The maximum atomic E-state index is 9.48. The maximum absolute atomic E-state index is 9.48. The largest absolute Gasteiger partial charge is 0.395 e. The van der Waals surface area contributed by atoms with Crippen LogP contribution in [0.4, 0.5) is 0 Å². The molecule has 0 saturated carbocycles. The van der Waals surface area contributed by atoms with Gasteiger partial charge >= 0.3 is 0 Å². The van der Waals surface area contributed by atoms with Crippen molar-refractivity contribution in [1.29, 1.82) is 0 Å². The van der Waals surface area contributed by atoms with E-state index in [9.17, 15) is 5.11 Å². The Morgan fingerprint density at radius 1 is 1.26 bits per heavy atom. The molecule has 2 atom stereocenters. The lowest BCUT2D eigenvalue weighted by atomic mass is 10.0. The number of hydrogen-bond donors (Lipinski definition) is 2. The van der Waals surface area contributed by atoms with E-state index in [0.29, 0.717) is 6.04 Å². The van der Waals surface area contributed by atoms with Gasteiger partial charge in [0.05, 0.1) is 6.61 Å². The van der Waals surface area contributed by atoms with Crippen LogP contribution in [-0.4, -0.2) is 23.8 Å². The number of rotatable bonds is 8. The zero-order chi connectivity index (χ0) is 14.1. The zero-order valence-corrected chi connectivity index (χ0v) is 12.4. The van der Waals surface area contributed by atoms with Gasteiger partial charge in [0.2, 0.25) is 0 Å². The van der Waals surface area contributed by atoms with E-state index >= 15 is 0 Å². The molecule has 19 heavy (non-hydrogen) atoms. The van der Waals surface area contributed by atoms with Crippen molar-refractivity contribution in [2.45, 2.75) is 52.1 Å². The molecule has 0 aliphatic carbocycles. The molecule has 1 unspecified atom stereocenters. The molecule has 2 heteroatoms. The molecule has 0 aromatic heterocycles. The molecule has 0 spiro atoms. The van der Waals surface area contributed by atoms with Crippen molar-refractivity contribution >= 4 is 0 Å². The van der Waals surface area contributed by atoms with Crippen LogP contribution < -0.4 is 5.32 Å². The van der Waals surface area contributed by atoms with Gasteiger partial charge in [-0.3, -0.25) is 0 Å². The monoisotopic (exact) mass is 261 g/mol. The van der Waals surface area contributed by atoms with Crippen LogP contribution in [0.5, 0.6) is 0 Å². The Morgan fingerprint density at radius 3 is 2.53 bits per heavy atom. The lowest BCUT2D eigenvalue weighted by Gasteiger charge is -2.21. The summed E-state index contributed by atoms with van der Waals surface area (Å²) in [5, 5.41) is 13.0. The first kappa shape index (κ1) is 15.9. The van der Waals surface area contributed by atoms with E-state index < -0.39 is 0 Å². The average Bonchev–Trinajstić information content (AvgIpc) is 2.38. The van der Waals surface area contributed by atoms with E-state index in [1.807, 2.05) is 18.2 Å². The minimum atomic E-state index is 0.143. The van der Waals surface area contributed by atoms with Crippen molar-refractivity contribution in [2.24, 2.45) is 0 Å². The average molecular weight is 261 g/mol. The van der Waals surface area contributed by atoms with Gasteiger partial charge in [0.15, 0.2) is 0 Å². The first-order valence-electron chi connectivity index (χ1n) is 7.16. The highest BCUT2D eigenvalue weighted by molar-refractivity contribution is 5.15. The predicted molar refractivity (Wildman–Crippen MR) is 82.3 cm³/mol. The maximum Gasteiger partial charge on any atom is 0.0587 e. The van der Waals surface area contributed by atoms with Gasteiger partial charge in [-0.2, -0.15) is 0 Å². The summed E-state index contributed by atoms with van der Waals surface area (Å²) >= 11 is 0. The summed E-state index contributed by atoms with van der Waals surface area (Å²) in [6.45, 7) is 6.63. The van der Waals surface area contributed by atoms with Gasteiger partial charge in [0, 0.05) is 12.1 Å². The number of aliphatic hydroxyl groups is 1. The predicted octanol–water partition coefficient (Wildman–Crippen LogP) is 3.31. The summed E-state index contributed by atoms with van der Waals surface area (Å²) in [5.41, 5.74) is 2.64. The van der Waals surface area contributed by atoms with E-state index in [4.69, 9.17) is 0 Å². The molecule has 106 valence electrons. The summed E-state index contributed by atoms with van der Waals surface area (Å²) in [5.74, 6) is 0. The standard InChI is InChI=1S/C17H27NO/c1-14(2)8-7-9-15(3)18-17(13-19)12-16-10-5-4-6-11-16/h4-6,8,10-11,15,17-19H,7,9,12-13H2,1-3H3/t15?,17-/m0/s1. The quantitative estimate of drug-likeness (QED) is 0.704. The lowest BCUT2D eigenvalue weighted by Crippen LogP contribution is -2.40. The van der Waals surface area contributed by atoms with Crippen LogP contribution in [0, 0.1) is 0 Å². The van der Waals surface area contributed by atoms with Gasteiger partial charge in [-0.15, -0.1) is 0 Å². The van der Waals surface area contributed by atoms with Gasteiger partial charge in [-0.25, -0.2) is 0 Å². The summed E-state index contributed by atoms with van der Waals surface area (Å²) in [4.78, 5) is 0. The highest BCUT2D eigenvalue weighted by atomic mass is 16.3. The highest BCUT2D eigenvalue weighted by Gasteiger charge is 2.11. The number of benzene rings is 1. The fraction of sp³-hybridized carbons (Fsp3) is 0.529. The highest BCUT2D eigenvalue weighted by Crippen LogP contribution is 2.06. The molecule has 0 saturated heterocycles. The molecule has 0 radical (unpaired) electrons. The Hall–Kier alpha value is -1.12. The second-order valence-corrected chi connectivity index (χ2v) is 5.50. The molecule has 1 rings (SSSR count). The molecule has 0 aliphatic rings. The molecule has 0 fully saturated rings. The van der Waals surface area contributed by atoms with Crippen LogP contribution in [0.2, 0.25) is 0 Å². The van der Waals surface area contributed by atoms with Crippen molar-refractivity contribution in [3.63, 3.8) is 0 Å². The SMILES string of the molecule is CC(C)=CCCC(C)N[C@H](CO)Cc1ccccc1. The fourth-order valence-electron chi connectivity index (χ4n) is 2.18. The third-order valence-electron chi connectivity index (χ3n) is 3.22.